The Morgan fingerprint density at radius 3 is 2.28 bits per heavy atom. The summed E-state index contributed by atoms with van der Waals surface area (Å²) < 4.78 is 5.39. The van der Waals surface area contributed by atoms with Crippen LogP contribution in [0, 0.1) is 38.0 Å². The molecule has 0 saturated carbocycles. The molecule has 0 spiro atoms. The van der Waals surface area contributed by atoms with Crippen molar-refractivity contribution in [3.05, 3.63) is 63.7 Å². The van der Waals surface area contributed by atoms with Gasteiger partial charge in [0, 0.05) is 0 Å². The summed E-state index contributed by atoms with van der Waals surface area (Å²) in [6.07, 6.45) is -0.470. The van der Waals surface area contributed by atoms with Crippen molar-refractivity contribution < 1.29 is 19.1 Å². The van der Waals surface area contributed by atoms with E-state index in [1.165, 1.54) is 4.90 Å². The molecule has 210 valence electrons. The SMILES string of the molecule is Cc1ccc(C(C(=O)Nc2c(C)cccc2Cl)N(CC#N)C(=O)C(CC(C)C)NC(=O)OC(C)(C)C)c(C)c1. The summed E-state index contributed by atoms with van der Waals surface area (Å²) in [6.45, 7) is 14.2. The van der Waals surface area contributed by atoms with Crippen LogP contribution in [0.5, 0.6) is 0 Å². The van der Waals surface area contributed by atoms with Gasteiger partial charge in [-0.05, 0) is 76.6 Å². The molecule has 2 aromatic carbocycles. The van der Waals surface area contributed by atoms with Gasteiger partial charge in [-0.1, -0.05) is 61.3 Å². The van der Waals surface area contributed by atoms with Gasteiger partial charge < -0.3 is 20.3 Å². The average Bonchev–Trinajstić information content (AvgIpc) is 2.80. The number of aryl methyl sites for hydroxylation is 3. The van der Waals surface area contributed by atoms with E-state index in [2.05, 4.69) is 10.6 Å². The molecular formula is C30H39ClN4O4. The number of nitriles is 1. The Kier molecular flexibility index (Phi) is 10.9. The molecule has 39 heavy (non-hydrogen) atoms. The maximum atomic E-state index is 14.1. The summed E-state index contributed by atoms with van der Waals surface area (Å²) in [4.78, 5) is 41.9. The molecule has 2 unspecified atom stereocenters. The zero-order valence-electron chi connectivity index (χ0n) is 24.0. The van der Waals surface area contributed by atoms with Crippen LogP contribution in [-0.4, -0.2) is 41.0 Å². The van der Waals surface area contributed by atoms with Gasteiger partial charge in [-0.3, -0.25) is 9.59 Å². The minimum absolute atomic E-state index is 0.0250. The van der Waals surface area contributed by atoms with Gasteiger partial charge in [0.1, 0.15) is 24.2 Å². The lowest BCUT2D eigenvalue weighted by atomic mass is 9.95. The van der Waals surface area contributed by atoms with Crippen LogP contribution < -0.4 is 10.6 Å². The quantitative estimate of drug-likeness (QED) is 0.356. The van der Waals surface area contributed by atoms with E-state index in [0.717, 1.165) is 16.7 Å². The van der Waals surface area contributed by atoms with Gasteiger partial charge in [-0.25, -0.2) is 4.79 Å². The second kappa shape index (κ2) is 13.5. The molecule has 0 aromatic heterocycles. The molecule has 0 radical (unpaired) electrons. The van der Waals surface area contributed by atoms with Crippen molar-refractivity contribution in [2.24, 2.45) is 5.92 Å². The molecule has 0 aliphatic heterocycles. The number of hydrogen-bond acceptors (Lipinski definition) is 5. The second-order valence-electron chi connectivity index (χ2n) is 11.1. The first-order valence-corrected chi connectivity index (χ1v) is 13.3. The molecule has 0 aliphatic rings. The van der Waals surface area contributed by atoms with Gasteiger partial charge in [0.15, 0.2) is 0 Å². The highest BCUT2D eigenvalue weighted by molar-refractivity contribution is 6.34. The molecule has 2 rings (SSSR count). The van der Waals surface area contributed by atoms with E-state index in [4.69, 9.17) is 16.3 Å². The summed E-state index contributed by atoms with van der Waals surface area (Å²) >= 11 is 6.39. The largest absolute Gasteiger partial charge is 0.444 e. The standard InChI is InChI=1S/C30H39ClN4O4/c1-18(2)16-24(33-29(38)39-30(6,7)8)28(37)35(15-14-32)26(22-13-12-19(3)17-21(22)5)27(36)34-25-20(4)10-9-11-23(25)31/h9-13,17-18,24,26H,15-16H2,1-8H3,(H,33,38)(H,34,36). The molecule has 0 bridgehead atoms. The summed E-state index contributed by atoms with van der Waals surface area (Å²) in [6, 6.07) is 10.6. The lowest BCUT2D eigenvalue weighted by molar-refractivity contribution is -0.140. The Hall–Kier alpha value is -3.57. The fraction of sp³-hybridized carbons (Fsp3) is 0.467. The summed E-state index contributed by atoms with van der Waals surface area (Å²) in [7, 11) is 0. The van der Waals surface area contributed by atoms with E-state index in [0.29, 0.717) is 16.3 Å². The van der Waals surface area contributed by atoms with Crippen molar-refractivity contribution >= 4 is 35.2 Å². The molecule has 2 N–H and O–H groups in total. The van der Waals surface area contributed by atoms with Gasteiger partial charge in [0.2, 0.25) is 5.91 Å². The number of alkyl carbamates (subject to hydrolysis) is 1. The van der Waals surface area contributed by atoms with Crippen LogP contribution >= 0.6 is 11.6 Å². The molecule has 0 saturated heterocycles. The third-order valence-corrected chi connectivity index (χ3v) is 6.29. The van der Waals surface area contributed by atoms with E-state index in [-0.39, 0.29) is 18.9 Å². The Balaban J connectivity index is 2.60. The molecule has 2 aromatic rings. The number of anilines is 1. The van der Waals surface area contributed by atoms with Crippen molar-refractivity contribution in [3.63, 3.8) is 0 Å². The lowest BCUT2D eigenvalue weighted by Crippen LogP contribution is -2.53. The van der Waals surface area contributed by atoms with Crippen LogP contribution in [0.15, 0.2) is 36.4 Å². The first-order chi connectivity index (χ1) is 18.1. The highest BCUT2D eigenvalue weighted by Gasteiger charge is 2.37. The normalized spacial score (nSPS) is 12.7. The van der Waals surface area contributed by atoms with E-state index in [1.54, 1.807) is 39.0 Å². The Labute approximate surface area is 236 Å². The molecular weight excluding hydrogens is 516 g/mol. The molecule has 8 nitrogen and oxygen atoms in total. The van der Waals surface area contributed by atoms with E-state index in [9.17, 15) is 19.6 Å². The molecule has 0 heterocycles. The maximum Gasteiger partial charge on any atom is 0.408 e. The fourth-order valence-corrected chi connectivity index (χ4v) is 4.55. The van der Waals surface area contributed by atoms with Crippen LogP contribution in [0.4, 0.5) is 10.5 Å². The molecule has 9 heteroatoms. The van der Waals surface area contributed by atoms with E-state index < -0.39 is 35.6 Å². The summed E-state index contributed by atoms with van der Waals surface area (Å²) in [5.74, 6) is -1.06. The molecule has 0 aliphatic carbocycles. The van der Waals surface area contributed by atoms with Crippen LogP contribution in [0.25, 0.3) is 0 Å². The Morgan fingerprint density at radius 2 is 1.74 bits per heavy atom. The van der Waals surface area contributed by atoms with E-state index >= 15 is 0 Å². The summed E-state index contributed by atoms with van der Waals surface area (Å²) in [5, 5.41) is 15.6. The zero-order chi connectivity index (χ0) is 29.5. The van der Waals surface area contributed by atoms with Gasteiger partial charge in [0.25, 0.3) is 5.91 Å². The highest BCUT2D eigenvalue weighted by atomic mass is 35.5. The van der Waals surface area contributed by atoms with Crippen LogP contribution in [0.2, 0.25) is 5.02 Å². The van der Waals surface area contributed by atoms with Crippen molar-refractivity contribution in [2.45, 2.75) is 79.5 Å². The zero-order valence-corrected chi connectivity index (χ0v) is 24.8. The number of hydrogen-bond donors (Lipinski definition) is 2. The Bertz CT molecular complexity index is 1230. The van der Waals surface area contributed by atoms with Crippen molar-refractivity contribution in [1.29, 1.82) is 5.26 Å². The first-order valence-electron chi connectivity index (χ1n) is 12.9. The third-order valence-electron chi connectivity index (χ3n) is 5.97. The smallest absolute Gasteiger partial charge is 0.408 e. The predicted molar refractivity (Wildman–Crippen MR) is 153 cm³/mol. The minimum Gasteiger partial charge on any atom is -0.444 e. The monoisotopic (exact) mass is 554 g/mol. The number of carbonyl (C=O) groups is 3. The predicted octanol–water partition coefficient (Wildman–Crippen LogP) is 6.24. The van der Waals surface area contributed by atoms with Gasteiger partial charge in [-0.15, -0.1) is 0 Å². The number of amides is 3. The minimum atomic E-state index is -1.16. The van der Waals surface area contributed by atoms with Crippen LogP contribution in [-0.2, 0) is 14.3 Å². The number of benzene rings is 2. The lowest BCUT2D eigenvalue weighted by Gasteiger charge is -2.34. The number of nitrogens with one attached hydrogen (secondary N) is 2. The molecule has 0 fully saturated rings. The number of ether oxygens (including phenoxy) is 1. The summed E-state index contributed by atoms with van der Waals surface area (Å²) in [5.41, 5.74) is 2.73. The van der Waals surface area contributed by atoms with Gasteiger partial charge >= 0.3 is 6.09 Å². The average molecular weight is 555 g/mol. The topological polar surface area (TPSA) is 112 Å². The number of rotatable bonds is 9. The van der Waals surface area contributed by atoms with Gasteiger partial charge in [0.05, 0.1) is 16.8 Å². The molecule has 3 amide bonds. The van der Waals surface area contributed by atoms with Crippen LogP contribution in [0.3, 0.4) is 0 Å². The van der Waals surface area contributed by atoms with Gasteiger partial charge in [-0.2, -0.15) is 5.26 Å². The second-order valence-corrected chi connectivity index (χ2v) is 11.5. The number of para-hydroxylation sites is 1. The fourth-order valence-electron chi connectivity index (χ4n) is 4.28. The maximum absolute atomic E-state index is 14.1. The Morgan fingerprint density at radius 1 is 1.08 bits per heavy atom. The van der Waals surface area contributed by atoms with E-state index in [1.807, 2.05) is 58.9 Å². The van der Waals surface area contributed by atoms with Crippen molar-refractivity contribution in [2.75, 3.05) is 11.9 Å². The van der Waals surface area contributed by atoms with Crippen LogP contribution in [0.1, 0.15) is 69.3 Å². The molecule has 2 atom stereocenters. The van der Waals surface area contributed by atoms with Crippen molar-refractivity contribution in [3.8, 4) is 6.07 Å². The number of halogens is 1. The van der Waals surface area contributed by atoms with Crippen molar-refractivity contribution in [1.82, 2.24) is 10.2 Å². The first kappa shape index (κ1) is 31.6. The third kappa shape index (κ3) is 9.00. The number of carbonyl (C=O) groups excluding carboxylic acids is 3. The number of nitrogens with zero attached hydrogens (tertiary/aromatic N) is 2. The highest BCUT2D eigenvalue weighted by Crippen LogP contribution is 2.31.